The van der Waals surface area contributed by atoms with Gasteiger partial charge in [-0.05, 0) is 54.4 Å². The second kappa shape index (κ2) is 10.8. The highest BCUT2D eigenvalue weighted by Gasteiger charge is 2.24. The first-order chi connectivity index (χ1) is 15.0. The summed E-state index contributed by atoms with van der Waals surface area (Å²) in [5.74, 6) is 0.145. The van der Waals surface area contributed by atoms with E-state index < -0.39 is 12.3 Å². The monoisotopic (exact) mass is 444 g/mol. The minimum absolute atomic E-state index is 0.0153. The molecule has 0 aliphatic carbocycles. The molecule has 1 fully saturated rings. The van der Waals surface area contributed by atoms with E-state index in [9.17, 15) is 9.59 Å². The second-order valence-corrected chi connectivity index (χ2v) is 7.49. The summed E-state index contributed by atoms with van der Waals surface area (Å²) in [7, 11) is 1.49. The van der Waals surface area contributed by atoms with E-state index in [-0.39, 0.29) is 17.7 Å². The van der Waals surface area contributed by atoms with Crippen LogP contribution in [0.5, 0.6) is 11.5 Å². The molecular weight excluding hydrogens is 420 g/mol. The number of carbonyl (C=O) groups is 2. The SMILES string of the molecule is CCCC1CC(=O)NC(N/N=C/c2ccc(OC(=O)c3ccc(Cl)cc3)c(OC)c2)N1. The van der Waals surface area contributed by atoms with E-state index in [0.717, 1.165) is 18.4 Å². The number of hydrogen-bond acceptors (Lipinski definition) is 7. The Labute approximate surface area is 186 Å². The van der Waals surface area contributed by atoms with Crippen LogP contribution in [0.25, 0.3) is 0 Å². The van der Waals surface area contributed by atoms with Gasteiger partial charge in [0, 0.05) is 17.5 Å². The molecule has 164 valence electrons. The predicted molar refractivity (Wildman–Crippen MR) is 119 cm³/mol. The first-order valence-electron chi connectivity index (χ1n) is 9.98. The molecule has 2 unspecified atom stereocenters. The standard InChI is InChI=1S/C22H25ClN4O4/c1-3-4-17-12-20(28)26-22(25-17)27-24-13-14-5-10-18(19(11-14)30-2)31-21(29)15-6-8-16(23)9-7-15/h5-11,13,17,22,25,27H,3-4,12H2,1-2H3,(H,26,28)/b24-13+. The molecule has 9 heteroatoms. The molecule has 2 aromatic carbocycles. The molecular formula is C22H25ClN4O4. The Hall–Kier alpha value is -3.10. The fraction of sp³-hybridized carbons (Fsp3) is 0.318. The molecule has 2 aromatic rings. The second-order valence-electron chi connectivity index (χ2n) is 7.05. The highest BCUT2D eigenvalue weighted by Crippen LogP contribution is 2.28. The summed E-state index contributed by atoms with van der Waals surface area (Å²) in [5.41, 5.74) is 3.99. The molecule has 31 heavy (non-hydrogen) atoms. The maximum Gasteiger partial charge on any atom is 0.343 e. The van der Waals surface area contributed by atoms with E-state index in [1.165, 1.54) is 7.11 Å². The van der Waals surface area contributed by atoms with Crippen molar-refractivity contribution in [1.82, 2.24) is 16.1 Å². The van der Waals surface area contributed by atoms with E-state index >= 15 is 0 Å². The number of ether oxygens (including phenoxy) is 2. The lowest BCUT2D eigenvalue weighted by atomic mass is 10.1. The highest BCUT2D eigenvalue weighted by molar-refractivity contribution is 6.30. The van der Waals surface area contributed by atoms with Crippen LogP contribution in [0.1, 0.15) is 42.1 Å². The van der Waals surface area contributed by atoms with Crippen molar-refractivity contribution in [3.8, 4) is 11.5 Å². The van der Waals surface area contributed by atoms with Gasteiger partial charge in [0.2, 0.25) is 5.91 Å². The van der Waals surface area contributed by atoms with E-state index in [1.807, 2.05) is 0 Å². The highest BCUT2D eigenvalue weighted by atomic mass is 35.5. The number of amides is 1. The van der Waals surface area contributed by atoms with E-state index in [0.29, 0.717) is 22.8 Å². The zero-order valence-corrected chi connectivity index (χ0v) is 18.1. The van der Waals surface area contributed by atoms with Gasteiger partial charge in [-0.15, -0.1) is 0 Å². The molecule has 8 nitrogen and oxygen atoms in total. The normalized spacial score (nSPS) is 18.5. The lowest BCUT2D eigenvalue weighted by Gasteiger charge is -2.30. The number of benzene rings is 2. The van der Waals surface area contributed by atoms with Crippen LogP contribution in [0.4, 0.5) is 0 Å². The topological polar surface area (TPSA) is 101 Å². The van der Waals surface area contributed by atoms with Gasteiger partial charge < -0.3 is 14.8 Å². The number of carbonyl (C=O) groups excluding carboxylic acids is 2. The molecule has 0 saturated carbocycles. The van der Waals surface area contributed by atoms with Crippen molar-refractivity contribution in [2.24, 2.45) is 5.10 Å². The van der Waals surface area contributed by atoms with Crippen molar-refractivity contribution in [2.45, 2.75) is 38.5 Å². The maximum absolute atomic E-state index is 12.3. The van der Waals surface area contributed by atoms with Gasteiger partial charge in [-0.3, -0.25) is 15.5 Å². The molecule has 1 amide bonds. The van der Waals surface area contributed by atoms with Crippen molar-refractivity contribution >= 4 is 29.7 Å². The van der Waals surface area contributed by atoms with Crippen LogP contribution in [0.15, 0.2) is 47.6 Å². The number of rotatable bonds is 8. The quantitative estimate of drug-likeness (QED) is 0.250. The van der Waals surface area contributed by atoms with Crippen molar-refractivity contribution in [1.29, 1.82) is 0 Å². The maximum atomic E-state index is 12.3. The largest absolute Gasteiger partial charge is 0.493 e. The zero-order valence-electron chi connectivity index (χ0n) is 17.4. The summed E-state index contributed by atoms with van der Waals surface area (Å²) >= 11 is 5.85. The number of nitrogens with one attached hydrogen (secondary N) is 3. The summed E-state index contributed by atoms with van der Waals surface area (Å²) < 4.78 is 10.8. The Balaban J connectivity index is 1.62. The molecule has 1 saturated heterocycles. The summed E-state index contributed by atoms with van der Waals surface area (Å²) in [6.07, 6.45) is 3.53. The van der Waals surface area contributed by atoms with Crippen molar-refractivity contribution in [3.05, 3.63) is 58.6 Å². The Kier molecular flexibility index (Phi) is 7.86. The third kappa shape index (κ3) is 6.44. The number of esters is 1. The van der Waals surface area contributed by atoms with Gasteiger partial charge in [0.15, 0.2) is 17.8 Å². The minimum atomic E-state index is -0.515. The van der Waals surface area contributed by atoms with Crippen LogP contribution in [0.3, 0.4) is 0 Å². The van der Waals surface area contributed by atoms with Gasteiger partial charge in [-0.1, -0.05) is 24.9 Å². The molecule has 2 atom stereocenters. The lowest BCUT2D eigenvalue weighted by molar-refractivity contribution is -0.124. The predicted octanol–water partition coefficient (Wildman–Crippen LogP) is 3.05. The minimum Gasteiger partial charge on any atom is -0.493 e. The molecule has 0 aromatic heterocycles. The zero-order chi connectivity index (χ0) is 22.2. The Morgan fingerprint density at radius 2 is 2.03 bits per heavy atom. The van der Waals surface area contributed by atoms with Gasteiger partial charge in [-0.2, -0.15) is 5.10 Å². The van der Waals surface area contributed by atoms with Gasteiger partial charge in [-0.25, -0.2) is 4.79 Å². The fourth-order valence-electron chi connectivity index (χ4n) is 3.16. The average Bonchev–Trinajstić information content (AvgIpc) is 2.75. The van der Waals surface area contributed by atoms with E-state index in [2.05, 4.69) is 28.1 Å². The van der Waals surface area contributed by atoms with Gasteiger partial charge in [0.1, 0.15) is 0 Å². The van der Waals surface area contributed by atoms with Crippen molar-refractivity contribution in [3.63, 3.8) is 0 Å². The van der Waals surface area contributed by atoms with Crippen molar-refractivity contribution < 1.29 is 19.1 Å². The van der Waals surface area contributed by atoms with Crippen LogP contribution in [0, 0.1) is 0 Å². The molecule has 3 rings (SSSR count). The molecule has 0 radical (unpaired) electrons. The van der Waals surface area contributed by atoms with Crippen LogP contribution in [-0.4, -0.2) is 37.5 Å². The Morgan fingerprint density at radius 1 is 1.26 bits per heavy atom. The molecule has 1 aliphatic heterocycles. The molecule has 1 heterocycles. The van der Waals surface area contributed by atoms with Crippen LogP contribution in [-0.2, 0) is 4.79 Å². The Morgan fingerprint density at radius 3 is 2.74 bits per heavy atom. The summed E-state index contributed by atoms with van der Waals surface area (Å²) in [6, 6.07) is 11.6. The number of halogens is 1. The summed E-state index contributed by atoms with van der Waals surface area (Å²) in [5, 5.41) is 10.8. The molecule has 1 aliphatic rings. The van der Waals surface area contributed by atoms with Crippen LogP contribution < -0.4 is 25.5 Å². The average molecular weight is 445 g/mol. The third-order valence-electron chi connectivity index (χ3n) is 4.66. The number of hydrazone groups is 1. The summed E-state index contributed by atoms with van der Waals surface area (Å²) in [6.45, 7) is 2.08. The fourth-order valence-corrected chi connectivity index (χ4v) is 3.29. The third-order valence-corrected chi connectivity index (χ3v) is 4.92. The Bertz CT molecular complexity index is 949. The van der Waals surface area contributed by atoms with Crippen LogP contribution >= 0.6 is 11.6 Å². The number of hydrogen-bond donors (Lipinski definition) is 3. The summed E-state index contributed by atoms with van der Waals surface area (Å²) in [4.78, 5) is 24.1. The smallest absolute Gasteiger partial charge is 0.343 e. The number of nitrogens with zero attached hydrogens (tertiary/aromatic N) is 1. The number of methoxy groups -OCH3 is 1. The van der Waals surface area contributed by atoms with Crippen molar-refractivity contribution in [2.75, 3.05) is 7.11 Å². The van der Waals surface area contributed by atoms with E-state index in [4.69, 9.17) is 21.1 Å². The van der Waals surface area contributed by atoms with Gasteiger partial charge >= 0.3 is 5.97 Å². The van der Waals surface area contributed by atoms with E-state index in [1.54, 1.807) is 48.7 Å². The lowest BCUT2D eigenvalue weighted by Crippen LogP contribution is -2.61. The molecule has 0 bridgehead atoms. The molecule has 0 spiro atoms. The van der Waals surface area contributed by atoms with Gasteiger partial charge in [0.05, 0.1) is 18.9 Å². The first kappa shape index (κ1) is 22.6. The van der Waals surface area contributed by atoms with Gasteiger partial charge in [0.25, 0.3) is 0 Å². The first-order valence-corrected chi connectivity index (χ1v) is 10.4. The van der Waals surface area contributed by atoms with Crippen LogP contribution in [0.2, 0.25) is 5.02 Å². The molecule has 3 N–H and O–H groups in total.